The van der Waals surface area contributed by atoms with Gasteiger partial charge in [0.1, 0.15) is 11.4 Å². The fourth-order valence-corrected chi connectivity index (χ4v) is 3.33. The summed E-state index contributed by atoms with van der Waals surface area (Å²) in [7, 11) is 3.78. The molecular formula is C19H26N4O2. The third-order valence-corrected chi connectivity index (χ3v) is 4.75. The summed E-state index contributed by atoms with van der Waals surface area (Å²) in [5, 5.41) is 4.41. The molecule has 6 heteroatoms. The smallest absolute Gasteiger partial charge is 0.274 e. The molecule has 1 aromatic heterocycles. The molecule has 134 valence electrons. The summed E-state index contributed by atoms with van der Waals surface area (Å²) in [5.41, 5.74) is 1.64. The van der Waals surface area contributed by atoms with Gasteiger partial charge in [0.15, 0.2) is 0 Å². The van der Waals surface area contributed by atoms with Gasteiger partial charge in [0.05, 0.1) is 13.2 Å². The zero-order valence-electron chi connectivity index (χ0n) is 15.2. The quantitative estimate of drug-likeness (QED) is 0.837. The van der Waals surface area contributed by atoms with Crippen LogP contribution in [0.25, 0.3) is 0 Å². The molecule has 1 aliphatic heterocycles. The molecule has 0 radical (unpaired) electrons. The van der Waals surface area contributed by atoms with Gasteiger partial charge in [-0.3, -0.25) is 14.4 Å². The number of aryl methyl sites for hydroxylation is 1. The predicted octanol–water partition coefficient (Wildman–Crippen LogP) is 2.43. The first-order valence-electron chi connectivity index (χ1n) is 8.80. The van der Waals surface area contributed by atoms with Crippen LogP contribution in [-0.4, -0.2) is 59.3 Å². The highest BCUT2D eigenvalue weighted by Gasteiger charge is 2.31. The van der Waals surface area contributed by atoms with Crippen LogP contribution < -0.4 is 4.74 Å². The van der Waals surface area contributed by atoms with Crippen molar-refractivity contribution in [1.29, 1.82) is 0 Å². The number of rotatable bonds is 5. The third kappa shape index (κ3) is 3.69. The highest BCUT2D eigenvalue weighted by Crippen LogP contribution is 2.31. The standard InChI is InChI=1S/C19H26N4O2/c1-4-10-23-11-9-16(20-23)19(24)22-13-12-21(2)17(14-22)15-7-5-6-8-18(15)25-3/h5-9,11,17H,4,10,12-14H2,1-3H3/t17-/m0/s1. The van der Waals surface area contributed by atoms with E-state index in [-0.39, 0.29) is 11.9 Å². The van der Waals surface area contributed by atoms with Gasteiger partial charge < -0.3 is 9.64 Å². The number of nitrogens with zero attached hydrogens (tertiary/aromatic N) is 4. The number of amides is 1. The monoisotopic (exact) mass is 342 g/mol. The van der Waals surface area contributed by atoms with E-state index >= 15 is 0 Å². The molecule has 0 N–H and O–H groups in total. The van der Waals surface area contributed by atoms with Gasteiger partial charge in [-0.15, -0.1) is 0 Å². The van der Waals surface area contributed by atoms with Gasteiger partial charge in [-0.2, -0.15) is 5.10 Å². The summed E-state index contributed by atoms with van der Waals surface area (Å²) in [4.78, 5) is 17.0. The minimum atomic E-state index is 0.00264. The average Bonchev–Trinajstić information content (AvgIpc) is 3.10. The van der Waals surface area contributed by atoms with E-state index in [2.05, 4.69) is 30.0 Å². The molecule has 0 unspecified atom stereocenters. The predicted molar refractivity (Wildman–Crippen MR) is 96.8 cm³/mol. The van der Waals surface area contributed by atoms with E-state index in [1.807, 2.05) is 40.0 Å². The Kier molecular flexibility index (Phi) is 5.38. The van der Waals surface area contributed by atoms with Crippen LogP contribution in [0.2, 0.25) is 0 Å². The van der Waals surface area contributed by atoms with Crippen LogP contribution in [-0.2, 0) is 6.54 Å². The number of methoxy groups -OCH3 is 1. The Labute approximate surface area is 149 Å². The molecule has 0 bridgehead atoms. The van der Waals surface area contributed by atoms with E-state index < -0.39 is 0 Å². The highest BCUT2D eigenvalue weighted by atomic mass is 16.5. The molecule has 25 heavy (non-hydrogen) atoms. The summed E-state index contributed by atoms with van der Waals surface area (Å²) in [6, 6.07) is 9.95. The highest BCUT2D eigenvalue weighted by molar-refractivity contribution is 5.92. The Morgan fingerprint density at radius 1 is 1.28 bits per heavy atom. The van der Waals surface area contributed by atoms with Crippen molar-refractivity contribution < 1.29 is 9.53 Å². The molecule has 6 nitrogen and oxygen atoms in total. The van der Waals surface area contributed by atoms with Gasteiger partial charge in [0.25, 0.3) is 5.91 Å². The van der Waals surface area contributed by atoms with Crippen LogP contribution >= 0.6 is 0 Å². The Bertz CT molecular complexity index is 728. The second-order valence-corrected chi connectivity index (χ2v) is 6.45. The number of benzene rings is 1. The number of hydrogen-bond donors (Lipinski definition) is 0. The fraction of sp³-hybridized carbons (Fsp3) is 0.474. The van der Waals surface area contributed by atoms with Crippen molar-refractivity contribution in [3.8, 4) is 5.75 Å². The van der Waals surface area contributed by atoms with Gasteiger partial charge in [0.2, 0.25) is 0 Å². The molecule has 1 aliphatic rings. The molecule has 1 fully saturated rings. The first-order chi connectivity index (χ1) is 12.1. The van der Waals surface area contributed by atoms with Crippen molar-refractivity contribution in [3.05, 3.63) is 47.8 Å². The molecule has 1 saturated heterocycles. The fourth-order valence-electron chi connectivity index (χ4n) is 3.33. The van der Waals surface area contributed by atoms with E-state index in [0.29, 0.717) is 18.8 Å². The van der Waals surface area contributed by atoms with Crippen molar-refractivity contribution >= 4 is 5.91 Å². The molecule has 1 aromatic carbocycles. The van der Waals surface area contributed by atoms with Crippen LogP contribution in [0.15, 0.2) is 36.5 Å². The SMILES string of the molecule is CCCn1ccc(C(=O)N2CCN(C)[C@H](c3ccccc3OC)C2)n1. The van der Waals surface area contributed by atoms with Crippen LogP contribution in [0.3, 0.4) is 0 Å². The number of likely N-dealkylation sites (N-methyl/N-ethyl adjacent to an activating group) is 1. The number of para-hydroxylation sites is 1. The molecule has 2 heterocycles. The van der Waals surface area contributed by atoms with E-state index in [0.717, 1.165) is 30.8 Å². The number of hydrogen-bond acceptors (Lipinski definition) is 4. The first kappa shape index (κ1) is 17.5. The topological polar surface area (TPSA) is 50.6 Å². The minimum Gasteiger partial charge on any atom is -0.496 e. The van der Waals surface area contributed by atoms with Crippen molar-refractivity contribution in [1.82, 2.24) is 19.6 Å². The van der Waals surface area contributed by atoms with Gasteiger partial charge in [-0.05, 0) is 25.6 Å². The summed E-state index contributed by atoms with van der Waals surface area (Å²) in [6.45, 7) is 5.10. The van der Waals surface area contributed by atoms with Gasteiger partial charge >= 0.3 is 0 Å². The maximum atomic E-state index is 12.9. The second kappa shape index (κ2) is 7.70. The molecule has 0 aliphatic carbocycles. The van der Waals surface area contributed by atoms with Crippen LogP contribution in [0.5, 0.6) is 5.75 Å². The van der Waals surface area contributed by atoms with E-state index in [4.69, 9.17) is 4.74 Å². The van der Waals surface area contributed by atoms with E-state index in [9.17, 15) is 4.79 Å². The van der Waals surface area contributed by atoms with Crippen molar-refractivity contribution in [2.45, 2.75) is 25.9 Å². The van der Waals surface area contributed by atoms with Crippen LogP contribution in [0.4, 0.5) is 0 Å². The third-order valence-electron chi connectivity index (χ3n) is 4.75. The van der Waals surface area contributed by atoms with Crippen molar-refractivity contribution in [2.24, 2.45) is 0 Å². The lowest BCUT2D eigenvalue weighted by atomic mass is 10.0. The number of carbonyl (C=O) groups is 1. The molecule has 0 saturated carbocycles. The largest absolute Gasteiger partial charge is 0.496 e. The van der Waals surface area contributed by atoms with Gasteiger partial charge in [-0.1, -0.05) is 25.1 Å². The zero-order chi connectivity index (χ0) is 17.8. The summed E-state index contributed by atoms with van der Waals surface area (Å²) >= 11 is 0. The molecular weight excluding hydrogens is 316 g/mol. The molecule has 1 amide bonds. The lowest BCUT2D eigenvalue weighted by molar-refractivity contribution is 0.0536. The number of ether oxygens (including phenoxy) is 1. The lowest BCUT2D eigenvalue weighted by Crippen LogP contribution is -2.49. The Hall–Kier alpha value is -2.34. The normalized spacial score (nSPS) is 18.4. The summed E-state index contributed by atoms with van der Waals surface area (Å²) in [6.07, 6.45) is 2.88. The molecule has 3 rings (SSSR count). The number of piperazine rings is 1. The van der Waals surface area contributed by atoms with Gasteiger partial charge in [0, 0.05) is 37.9 Å². The van der Waals surface area contributed by atoms with E-state index in [1.165, 1.54) is 0 Å². The first-order valence-corrected chi connectivity index (χ1v) is 8.80. The second-order valence-electron chi connectivity index (χ2n) is 6.45. The zero-order valence-corrected chi connectivity index (χ0v) is 15.2. The van der Waals surface area contributed by atoms with Crippen LogP contribution in [0.1, 0.15) is 35.4 Å². The number of carbonyl (C=O) groups excluding carboxylic acids is 1. The summed E-state index contributed by atoms with van der Waals surface area (Å²) in [5.74, 6) is 0.865. The Balaban J connectivity index is 1.78. The Morgan fingerprint density at radius 3 is 2.84 bits per heavy atom. The van der Waals surface area contributed by atoms with Gasteiger partial charge in [-0.25, -0.2) is 0 Å². The van der Waals surface area contributed by atoms with E-state index in [1.54, 1.807) is 7.11 Å². The number of aromatic nitrogens is 2. The molecule has 2 aromatic rings. The van der Waals surface area contributed by atoms with Crippen LogP contribution in [0, 0.1) is 0 Å². The average molecular weight is 342 g/mol. The minimum absolute atomic E-state index is 0.00264. The Morgan fingerprint density at radius 2 is 2.08 bits per heavy atom. The molecule has 1 atom stereocenters. The molecule has 0 spiro atoms. The van der Waals surface area contributed by atoms with Crippen molar-refractivity contribution in [3.63, 3.8) is 0 Å². The maximum absolute atomic E-state index is 12.9. The maximum Gasteiger partial charge on any atom is 0.274 e. The summed E-state index contributed by atoms with van der Waals surface area (Å²) < 4.78 is 7.35. The van der Waals surface area contributed by atoms with Crippen molar-refractivity contribution in [2.75, 3.05) is 33.8 Å². The lowest BCUT2D eigenvalue weighted by Gasteiger charge is -2.39.